The molecule has 0 fully saturated rings. The molecule has 3 aromatic rings. The Morgan fingerprint density at radius 3 is 2.71 bits per heavy atom. The van der Waals surface area contributed by atoms with Gasteiger partial charge >= 0.3 is 0 Å². The molecule has 3 rings (SSSR count). The Labute approximate surface area is 202 Å². The SMILES string of the molecule is C=CCc1ccc(OCCOc2cccc(/C=C(/C#N)C(=O)Nc3nnc(C)s3)c2)c(OC)c1. The van der Waals surface area contributed by atoms with Gasteiger partial charge in [0, 0.05) is 0 Å². The standard InChI is InChI=1S/C25H24N4O4S/c1-4-6-18-9-10-22(23(15-18)31-3)33-12-11-32-21-8-5-7-19(14-21)13-20(16-26)24(30)27-25-29-28-17(2)34-25/h4-5,7-10,13-15H,1,6,11-12H2,2-3H3,(H,27,29,30)/b20-13-. The van der Waals surface area contributed by atoms with E-state index in [4.69, 9.17) is 14.2 Å². The molecule has 0 saturated heterocycles. The van der Waals surface area contributed by atoms with Gasteiger partial charge in [-0.15, -0.1) is 16.8 Å². The highest BCUT2D eigenvalue weighted by Gasteiger charge is 2.12. The van der Waals surface area contributed by atoms with Gasteiger partial charge in [-0.1, -0.05) is 35.6 Å². The lowest BCUT2D eigenvalue weighted by atomic mass is 10.1. The van der Waals surface area contributed by atoms with Crippen LogP contribution in [0.3, 0.4) is 0 Å². The molecule has 1 aromatic heterocycles. The van der Waals surface area contributed by atoms with Crippen LogP contribution in [0.1, 0.15) is 16.1 Å². The van der Waals surface area contributed by atoms with E-state index in [0.29, 0.717) is 41.2 Å². The van der Waals surface area contributed by atoms with E-state index in [2.05, 4.69) is 22.1 Å². The van der Waals surface area contributed by atoms with Crippen molar-refractivity contribution in [3.05, 3.63) is 76.8 Å². The van der Waals surface area contributed by atoms with Gasteiger partial charge in [0.05, 0.1) is 7.11 Å². The highest BCUT2D eigenvalue weighted by Crippen LogP contribution is 2.28. The lowest BCUT2D eigenvalue weighted by molar-refractivity contribution is -0.112. The summed E-state index contributed by atoms with van der Waals surface area (Å²) in [4.78, 5) is 12.4. The second-order valence-electron chi connectivity index (χ2n) is 7.00. The van der Waals surface area contributed by atoms with Crippen LogP contribution in [0.2, 0.25) is 0 Å². The van der Waals surface area contributed by atoms with Crippen LogP contribution in [0.25, 0.3) is 6.08 Å². The molecular weight excluding hydrogens is 452 g/mol. The molecule has 2 aromatic carbocycles. The molecule has 0 radical (unpaired) electrons. The Hall–Kier alpha value is -4.16. The van der Waals surface area contributed by atoms with Crippen molar-refractivity contribution >= 4 is 28.5 Å². The van der Waals surface area contributed by atoms with Gasteiger partial charge in [-0.25, -0.2) is 0 Å². The van der Waals surface area contributed by atoms with Crippen molar-refractivity contribution in [1.29, 1.82) is 5.26 Å². The predicted molar refractivity (Wildman–Crippen MR) is 131 cm³/mol. The molecule has 0 aliphatic heterocycles. The van der Waals surface area contributed by atoms with Crippen molar-refractivity contribution in [2.45, 2.75) is 13.3 Å². The fourth-order valence-corrected chi connectivity index (χ4v) is 3.54. The fourth-order valence-electron chi connectivity index (χ4n) is 2.96. The minimum absolute atomic E-state index is 0.0552. The third-order valence-corrected chi connectivity index (χ3v) is 5.25. The van der Waals surface area contributed by atoms with Gasteiger partial charge in [-0.05, 0) is 54.8 Å². The maximum atomic E-state index is 12.4. The Balaban J connectivity index is 1.57. The number of rotatable bonds is 11. The van der Waals surface area contributed by atoms with E-state index in [1.165, 1.54) is 17.4 Å². The molecule has 174 valence electrons. The number of carbonyl (C=O) groups is 1. The van der Waals surface area contributed by atoms with E-state index in [1.54, 1.807) is 38.3 Å². The average Bonchev–Trinajstić information content (AvgIpc) is 3.25. The van der Waals surface area contributed by atoms with Gasteiger partial charge in [-0.2, -0.15) is 5.26 Å². The molecule has 0 aliphatic carbocycles. The van der Waals surface area contributed by atoms with Crippen LogP contribution in [0.15, 0.2) is 60.7 Å². The summed E-state index contributed by atoms with van der Waals surface area (Å²) >= 11 is 1.23. The summed E-state index contributed by atoms with van der Waals surface area (Å²) < 4.78 is 17.0. The first-order valence-electron chi connectivity index (χ1n) is 10.4. The Bertz CT molecular complexity index is 1230. The normalized spacial score (nSPS) is 10.8. The quantitative estimate of drug-likeness (QED) is 0.187. The molecule has 0 saturated carbocycles. The zero-order valence-electron chi connectivity index (χ0n) is 18.9. The highest BCUT2D eigenvalue weighted by molar-refractivity contribution is 7.15. The van der Waals surface area contributed by atoms with Gasteiger partial charge in [-0.3, -0.25) is 10.1 Å². The maximum Gasteiger partial charge on any atom is 0.268 e. The summed E-state index contributed by atoms with van der Waals surface area (Å²) in [6.45, 7) is 6.13. The number of carbonyl (C=O) groups excluding carboxylic acids is 1. The second kappa shape index (κ2) is 12.2. The zero-order chi connectivity index (χ0) is 24.3. The number of hydrogen-bond acceptors (Lipinski definition) is 8. The molecule has 9 heteroatoms. The number of allylic oxidation sites excluding steroid dienone is 1. The van der Waals surface area contributed by atoms with Gasteiger partial charge in [0.25, 0.3) is 5.91 Å². The largest absolute Gasteiger partial charge is 0.493 e. The number of aryl methyl sites for hydroxylation is 1. The number of nitriles is 1. The number of methoxy groups -OCH3 is 1. The number of nitrogens with zero attached hydrogens (tertiary/aromatic N) is 3. The number of benzene rings is 2. The van der Waals surface area contributed by atoms with Crippen molar-refractivity contribution in [3.8, 4) is 23.3 Å². The van der Waals surface area contributed by atoms with Crippen LogP contribution < -0.4 is 19.5 Å². The molecule has 1 amide bonds. The van der Waals surface area contributed by atoms with Gasteiger partial charge < -0.3 is 14.2 Å². The number of hydrogen-bond donors (Lipinski definition) is 1. The third-order valence-electron chi connectivity index (χ3n) is 4.50. The van der Waals surface area contributed by atoms with Crippen molar-refractivity contribution in [2.75, 3.05) is 25.6 Å². The van der Waals surface area contributed by atoms with Gasteiger partial charge in [0.2, 0.25) is 5.13 Å². The van der Waals surface area contributed by atoms with E-state index in [1.807, 2.05) is 30.3 Å². The first kappa shape index (κ1) is 24.5. The predicted octanol–water partition coefficient (Wildman–Crippen LogP) is 4.59. The lowest BCUT2D eigenvalue weighted by Gasteiger charge is -2.12. The van der Waals surface area contributed by atoms with Crippen molar-refractivity contribution in [1.82, 2.24) is 10.2 Å². The van der Waals surface area contributed by atoms with Crippen molar-refractivity contribution < 1.29 is 19.0 Å². The number of anilines is 1. The number of aromatic nitrogens is 2. The zero-order valence-corrected chi connectivity index (χ0v) is 19.7. The van der Waals surface area contributed by atoms with Crippen LogP contribution in [-0.2, 0) is 11.2 Å². The van der Waals surface area contributed by atoms with E-state index < -0.39 is 5.91 Å². The first-order chi connectivity index (χ1) is 16.5. The van der Waals surface area contributed by atoms with Gasteiger partial charge in [0.1, 0.15) is 35.6 Å². The summed E-state index contributed by atoms with van der Waals surface area (Å²) in [5.41, 5.74) is 1.68. The third kappa shape index (κ3) is 6.92. The minimum atomic E-state index is -0.550. The molecule has 0 aliphatic rings. The fraction of sp³-hybridized carbons (Fsp3) is 0.200. The topological polar surface area (TPSA) is 106 Å². The van der Waals surface area contributed by atoms with Crippen LogP contribution in [-0.4, -0.2) is 36.4 Å². The Morgan fingerprint density at radius 1 is 1.18 bits per heavy atom. The van der Waals surface area contributed by atoms with Gasteiger partial charge in [0.15, 0.2) is 11.5 Å². The summed E-state index contributed by atoms with van der Waals surface area (Å²) in [5.74, 6) is 1.32. The van der Waals surface area contributed by atoms with Crippen LogP contribution in [0.4, 0.5) is 5.13 Å². The van der Waals surface area contributed by atoms with Crippen molar-refractivity contribution in [2.24, 2.45) is 0 Å². The first-order valence-corrected chi connectivity index (χ1v) is 11.2. The highest BCUT2D eigenvalue weighted by atomic mass is 32.1. The smallest absolute Gasteiger partial charge is 0.268 e. The van der Waals surface area contributed by atoms with Crippen LogP contribution in [0.5, 0.6) is 17.2 Å². The molecule has 0 bridgehead atoms. The summed E-state index contributed by atoms with van der Waals surface area (Å²) in [5, 5.41) is 20.7. The van der Waals surface area contributed by atoms with Crippen LogP contribution in [0, 0.1) is 18.3 Å². The molecule has 0 spiro atoms. The Morgan fingerprint density at radius 2 is 2.00 bits per heavy atom. The number of ether oxygens (including phenoxy) is 3. The second-order valence-corrected chi connectivity index (χ2v) is 8.18. The molecule has 8 nitrogen and oxygen atoms in total. The maximum absolute atomic E-state index is 12.4. The van der Waals surface area contributed by atoms with E-state index in [9.17, 15) is 10.1 Å². The molecular formula is C25H24N4O4S. The molecule has 0 unspecified atom stereocenters. The molecule has 34 heavy (non-hydrogen) atoms. The Kier molecular flexibility index (Phi) is 8.77. The number of amides is 1. The number of nitrogens with one attached hydrogen (secondary N) is 1. The van der Waals surface area contributed by atoms with Crippen molar-refractivity contribution in [3.63, 3.8) is 0 Å². The van der Waals surface area contributed by atoms with E-state index >= 15 is 0 Å². The summed E-state index contributed by atoms with van der Waals surface area (Å²) in [6.07, 6.45) is 4.07. The van der Waals surface area contributed by atoms with E-state index in [0.717, 1.165) is 17.0 Å². The molecule has 0 atom stereocenters. The molecule has 1 heterocycles. The molecule has 1 N–H and O–H groups in total. The lowest BCUT2D eigenvalue weighted by Crippen LogP contribution is -2.13. The average molecular weight is 477 g/mol. The van der Waals surface area contributed by atoms with E-state index in [-0.39, 0.29) is 5.57 Å². The summed E-state index contributed by atoms with van der Waals surface area (Å²) in [7, 11) is 1.60. The summed E-state index contributed by atoms with van der Waals surface area (Å²) in [6, 6.07) is 14.8. The van der Waals surface area contributed by atoms with Crippen LogP contribution >= 0.6 is 11.3 Å². The monoisotopic (exact) mass is 476 g/mol. The minimum Gasteiger partial charge on any atom is -0.493 e.